The van der Waals surface area contributed by atoms with Crippen LogP contribution in [0.25, 0.3) is 0 Å². The Hall–Kier alpha value is -1.92. The van der Waals surface area contributed by atoms with Gasteiger partial charge in [0.1, 0.15) is 6.20 Å². The van der Waals surface area contributed by atoms with Gasteiger partial charge in [-0.2, -0.15) is 4.98 Å². The summed E-state index contributed by atoms with van der Waals surface area (Å²) in [5, 5.41) is 14.4. The smallest absolute Gasteiger partial charge is 0.329 e. The largest absolute Gasteiger partial charge is 0.361 e. The van der Waals surface area contributed by atoms with Gasteiger partial charge in [0, 0.05) is 18.6 Å². The molecule has 22 heavy (non-hydrogen) atoms. The molecule has 1 N–H and O–H groups in total. The Balaban J connectivity index is 1.64. The Labute approximate surface area is 129 Å². The predicted octanol–water partition coefficient (Wildman–Crippen LogP) is 2.73. The number of aromatic nitrogens is 2. The number of rotatable bonds is 4. The average Bonchev–Trinajstić information content (AvgIpc) is 3.19. The van der Waals surface area contributed by atoms with E-state index in [1.54, 1.807) is 0 Å². The van der Waals surface area contributed by atoms with Gasteiger partial charge in [-0.1, -0.05) is 6.42 Å². The average molecular weight is 303 g/mol. The second-order valence-electron chi connectivity index (χ2n) is 6.67. The molecule has 1 aromatic rings. The maximum Gasteiger partial charge on any atom is 0.329 e. The SMILES string of the molecule is O=[N+]([O-])c1cnc(N2CCCC3CCCC32)nc1NC1CC1. The van der Waals surface area contributed by atoms with E-state index in [4.69, 9.17) is 0 Å². The molecule has 7 heteroatoms. The van der Waals surface area contributed by atoms with Crippen LogP contribution in [0.4, 0.5) is 17.5 Å². The van der Waals surface area contributed by atoms with Crippen molar-refractivity contribution in [2.45, 2.75) is 57.0 Å². The van der Waals surface area contributed by atoms with Crippen molar-refractivity contribution in [1.82, 2.24) is 9.97 Å². The molecule has 0 amide bonds. The number of nitrogens with one attached hydrogen (secondary N) is 1. The van der Waals surface area contributed by atoms with Crippen LogP contribution in [0.1, 0.15) is 44.9 Å². The molecule has 2 heterocycles. The highest BCUT2D eigenvalue weighted by atomic mass is 16.6. The molecule has 1 saturated heterocycles. The number of nitro groups is 1. The first-order valence-electron chi connectivity index (χ1n) is 8.27. The fourth-order valence-corrected chi connectivity index (χ4v) is 3.87. The molecule has 3 fully saturated rings. The van der Waals surface area contributed by atoms with E-state index in [0.717, 1.165) is 31.7 Å². The van der Waals surface area contributed by atoms with Gasteiger partial charge in [0.25, 0.3) is 0 Å². The molecule has 2 unspecified atom stereocenters. The summed E-state index contributed by atoms with van der Waals surface area (Å²) >= 11 is 0. The summed E-state index contributed by atoms with van der Waals surface area (Å²) in [5.41, 5.74) is -0.0179. The summed E-state index contributed by atoms with van der Waals surface area (Å²) in [6.45, 7) is 0.960. The van der Waals surface area contributed by atoms with Crippen molar-refractivity contribution in [3.8, 4) is 0 Å². The number of hydrogen-bond donors (Lipinski definition) is 1. The first-order chi connectivity index (χ1) is 10.7. The molecule has 0 aromatic carbocycles. The van der Waals surface area contributed by atoms with Crippen molar-refractivity contribution < 1.29 is 4.92 Å². The molecule has 4 rings (SSSR count). The zero-order valence-corrected chi connectivity index (χ0v) is 12.6. The van der Waals surface area contributed by atoms with Crippen molar-refractivity contribution >= 4 is 17.5 Å². The highest BCUT2D eigenvalue weighted by Crippen LogP contribution is 2.39. The minimum Gasteiger partial charge on any atom is -0.361 e. The van der Waals surface area contributed by atoms with Gasteiger partial charge in [-0.3, -0.25) is 10.1 Å². The maximum atomic E-state index is 11.2. The van der Waals surface area contributed by atoms with E-state index in [-0.39, 0.29) is 5.69 Å². The summed E-state index contributed by atoms with van der Waals surface area (Å²) in [4.78, 5) is 21.9. The standard InChI is InChI=1S/C15H21N5O2/c21-20(22)13-9-16-15(18-14(13)17-11-6-7-11)19-8-2-4-10-3-1-5-12(10)19/h9-12H,1-8H2,(H,16,17,18). The fourth-order valence-electron chi connectivity index (χ4n) is 3.87. The minimum absolute atomic E-state index is 0.0179. The molecule has 2 atom stereocenters. The van der Waals surface area contributed by atoms with Crippen LogP contribution in [0.5, 0.6) is 0 Å². The number of piperidine rings is 1. The van der Waals surface area contributed by atoms with Crippen molar-refractivity contribution in [3.05, 3.63) is 16.3 Å². The lowest BCUT2D eigenvalue weighted by Gasteiger charge is -2.37. The van der Waals surface area contributed by atoms with Crippen LogP contribution in [0.3, 0.4) is 0 Å². The third kappa shape index (κ3) is 2.48. The molecule has 118 valence electrons. The van der Waals surface area contributed by atoms with Crippen molar-refractivity contribution in [2.75, 3.05) is 16.8 Å². The molecule has 2 aliphatic carbocycles. The Morgan fingerprint density at radius 3 is 2.82 bits per heavy atom. The quantitative estimate of drug-likeness (QED) is 0.680. The third-order valence-electron chi connectivity index (χ3n) is 5.12. The van der Waals surface area contributed by atoms with E-state index >= 15 is 0 Å². The molecule has 2 saturated carbocycles. The molecule has 3 aliphatic rings. The van der Waals surface area contributed by atoms with E-state index in [0.29, 0.717) is 23.8 Å². The summed E-state index contributed by atoms with van der Waals surface area (Å²) in [7, 11) is 0. The van der Waals surface area contributed by atoms with Crippen LogP contribution in [0, 0.1) is 16.0 Å². The van der Waals surface area contributed by atoms with Crippen LogP contribution in [0.15, 0.2) is 6.20 Å². The number of anilines is 2. The summed E-state index contributed by atoms with van der Waals surface area (Å²) in [6.07, 6.45) is 9.69. The second kappa shape index (κ2) is 5.37. The van der Waals surface area contributed by atoms with Crippen LogP contribution < -0.4 is 10.2 Å². The lowest BCUT2D eigenvalue weighted by molar-refractivity contribution is -0.384. The van der Waals surface area contributed by atoms with E-state index in [2.05, 4.69) is 20.2 Å². The van der Waals surface area contributed by atoms with E-state index in [1.807, 2.05) is 0 Å². The predicted molar refractivity (Wildman–Crippen MR) is 83.0 cm³/mol. The zero-order valence-electron chi connectivity index (χ0n) is 12.6. The number of nitrogens with zero attached hydrogens (tertiary/aromatic N) is 4. The zero-order chi connectivity index (χ0) is 15.1. The molecular weight excluding hydrogens is 282 g/mol. The van der Waals surface area contributed by atoms with Gasteiger partial charge < -0.3 is 10.2 Å². The summed E-state index contributed by atoms with van der Waals surface area (Å²) < 4.78 is 0. The highest BCUT2D eigenvalue weighted by molar-refractivity contribution is 5.58. The Morgan fingerprint density at radius 2 is 2.05 bits per heavy atom. The third-order valence-corrected chi connectivity index (χ3v) is 5.12. The molecular formula is C15H21N5O2. The molecule has 0 radical (unpaired) electrons. The molecule has 0 spiro atoms. The summed E-state index contributed by atoms with van der Waals surface area (Å²) in [5.74, 6) is 1.79. The van der Waals surface area contributed by atoms with Crippen LogP contribution >= 0.6 is 0 Å². The lowest BCUT2D eigenvalue weighted by atomic mass is 9.92. The van der Waals surface area contributed by atoms with Crippen LogP contribution in [-0.2, 0) is 0 Å². The number of fused-ring (bicyclic) bond motifs is 1. The molecule has 7 nitrogen and oxygen atoms in total. The van der Waals surface area contributed by atoms with E-state index in [1.165, 1.54) is 31.9 Å². The lowest BCUT2D eigenvalue weighted by Crippen LogP contribution is -2.43. The van der Waals surface area contributed by atoms with Crippen molar-refractivity contribution in [1.29, 1.82) is 0 Å². The van der Waals surface area contributed by atoms with Gasteiger partial charge in [-0.15, -0.1) is 0 Å². The molecule has 0 bridgehead atoms. The van der Waals surface area contributed by atoms with Gasteiger partial charge in [-0.05, 0) is 44.4 Å². The Bertz CT molecular complexity index is 589. The van der Waals surface area contributed by atoms with Crippen molar-refractivity contribution in [2.24, 2.45) is 5.92 Å². The molecule has 1 aromatic heterocycles. The highest BCUT2D eigenvalue weighted by Gasteiger charge is 2.37. The fraction of sp³-hybridized carbons (Fsp3) is 0.733. The van der Waals surface area contributed by atoms with Gasteiger partial charge >= 0.3 is 5.69 Å². The van der Waals surface area contributed by atoms with Crippen LogP contribution in [0.2, 0.25) is 0 Å². The van der Waals surface area contributed by atoms with Gasteiger partial charge in [-0.25, -0.2) is 4.98 Å². The van der Waals surface area contributed by atoms with Crippen molar-refractivity contribution in [3.63, 3.8) is 0 Å². The maximum absolute atomic E-state index is 11.2. The van der Waals surface area contributed by atoms with Gasteiger partial charge in [0.05, 0.1) is 4.92 Å². The van der Waals surface area contributed by atoms with E-state index in [9.17, 15) is 10.1 Å². The van der Waals surface area contributed by atoms with E-state index < -0.39 is 4.92 Å². The summed E-state index contributed by atoms with van der Waals surface area (Å²) in [6, 6.07) is 0.853. The Morgan fingerprint density at radius 1 is 1.23 bits per heavy atom. The molecule has 1 aliphatic heterocycles. The minimum atomic E-state index is -0.400. The first-order valence-corrected chi connectivity index (χ1v) is 8.27. The van der Waals surface area contributed by atoms with Gasteiger partial charge in [0.2, 0.25) is 11.8 Å². The number of hydrogen-bond acceptors (Lipinski definition) is 6. The topological polar surface area (TPSA) is 84.2 Å². The monoisotopic (exact) mass is 303 g/mol. The normalized spacial score (nSPS) is 27.5. The first kappa shape index (κ1) is 13.7. The van der Waals surface area contributed by atoms with Crippen LogP contribution in [-0.4, -0.2) is 33.5 Å². The Kier molecular flexibility index (Phi) is 3.35. The van der Waals surface area contributed by atoms with Gasteiger partial charge in [0.15, 0.2) is 0 Å². The second-order valence-corrected chi connectivity index (χ2v) is 6.67.